The Morgan fingerprint density at radius 2 is 1.95 bits per heavy atom. The Morgan fingerprint density at radius 1 is 1.09 bits per heavy atom. The van der Waals surface area contributed by atoms with E-state index in [1.54, 1.807) is 24.2 Å². The third kappa shape index (κ3) is 3.43. The predicted octanol–water partition coefficient (Wildman–Crippen LogP) is 3.68. The molecule has 0 unspecified atom stereocenters. The lowest BCUT2D eigenvalue weighted by Crippen LogP contribution is -1.95. The minimum atomic E-state index is 0.836. The Hall–Kier alpha value is -2.40. The number of pyridine rings is 1. The average molecular weight is 308 g/mol. The van der Waals surface area contributed by atoms with Gasteiger partial charge in [0.15, 0.2) is 11.0 Å². The van der Waals surface area contributed by atoms with E-state index in [0.717, 1.165) is 22.3 Å². The minimum Gasteiger partial charge on any atom is -0.305 e. The van der Waals surface area contributed by atoms with Crippen LogP contribution in [0.2, 0.25) is 0 Å². The molecular formula is C17H16N4S. The highest BCUT2D eigenvalue weighted by atomic mass is 32.2. The summed E-state index contributed by atoms with van der Waals surface area (Å²) in [6, 6.07) is 14.2. The fourth-order valence-corrected chi connectivity index (χ4v) is 2.78. The van der Waals surface area contributed by atoms with Gasteiger partial charge in [0, 0.05) is 30.8 Å². The van der Waals surface area contributed by atoms with Gasteiger partial charge in [-0.05, 0) is 17.7 Å². The number of rotatable bonds is 5. The zero-order valence-corrected chi connectivity index (χ0v) is 13.1. The van der Waals surface area contributed by atoms with E-state index in [0.29, 0.717) is 0 Å². The van der Waals surface area contributed by atoms with Gasteiger partial charge < -0.3 is 4.57 Å². The number of hydrogen-bond acceptors (Lipinski definition) is 4. The molecular weight excluding hydrogens is 292 g/mol. The second-order valence-electron chi connectivity index (χ2n) is 4.73. The SMILES string of the molecule is Cn1c(SC/C=C/c2ccccc2)nnc1-c1cccnc1. The van der Waals surface area contributed by atoms with Crippen LogP contribution < -0.4 is 0 Å². The highest BCUT2D eigenvalue weighted by Crippen LogP contribution is 2.22. The molecule has 0 atom stereocenters. The summed E-state index contributed by atoms with van der Waals surface area (Å²) in [5, 5.41) is 9.40. The Labute approximate surface area is 133 Å². The zero-order chi connectivity index (χ0) is 15.2. The van der Waals surface area contributed by atoms with Crippen molar-refractivity contribution in [3.8, 4) is 11.4 Å². The normalized spacial score (nSPS) is 11.1. The van der Waals surface area contributed by atoms with Gasteiger partial charge in [-0.1, -0.05) is 54.2 Å². The molecule has 0 fully saturated rings. The van der Waals surface area contributed by atoms with Crippen molar-refractivity contribution in [2.45, 2.75) is 5.16 Å². The van der Waals surface area contributed by atoms with Crippen molar-refractivity contribution in [2.24, 2.45) is 7.05 Å². The molecule has 5 heteroatoms. The molecule has 110 valence electrons. The summed E-state index contributed by atoms with van der Waals surface area (Å²) in [5.41, 5.74) is 2.18. The van der Waals surface area contributed by atoms with Gasteiger partial charge in [-0.2, -0.15) is 0 Å². The number of nitrogens with zero attached hydrogens (tertiary/aromatic N) is 4. The second kappa shape index (κ2) is 7.04. The Balaban J connectivity index is 1.65. The molecule has 0 aliphatic heterocycles. The summed E-state index contributed by atoms with van der Waals surface area (Å²) in [7, 11) is 1.98. The maximum atomic E-state index is 4.25. The third-order valence-electron chi connectivity index (χ3n) is 3.17. The molecule has 0 bridgehead atoms. The van der Waals surface area contributed by atoms with E-state index in [1.165, 1.54) is 5.56 Å². The highest BCUT2D eigenvalue weighted by Gasteiger charge is 2.10. The van der Waals surface area contributed by atoms with E-state index in [4.69, 9.17) is 0 Å². The van der Waals surface area contributed by atoms with Crippen molar-refractivity contribution in [1.29, 1.82) is 0 Å². The fraction of sp³-hybridized carbons (Fsp3) is 0.118. The Bertz CT molecular complexity index is 751. The fourth-order valence-electron chi connectivity index (χ4n) is 2.06. The van der Waals surface area contributed by atoms with Crippen molar-refractivity contribution >= 4 is 17.8 Å². The monoisotopic (exact) mass is 308 g/mol. The van der Waals surface area contributed by atoms with Crippen molar-refractivity contribution in [3.63, 3.8) is 0 Å². The summed E-state index contributed by atoms with van der Waals surface area (Å²) in [4.78, 5) is 4.12. The first-order valence-corrected chi connectivity index (χ1v) is 7.97. The van der Waals surface area contributed by atoms with Gasteiger partial charge in [0.1, 0.15) is 0 Å². The molecule has 2 heterocycles. The van der Waals surface area contributed by atoms with Crippen LogP contribution in [0.3, 0.4) is 0 Å². The van der Waals surface area contributed by atoms with E-state index < -0.39 is 0 Å². The quantitative estimate of drug-likeness (QED) is 0.674. The predicted molar refractivity (Wildman–Crippen MR) is 90.4 cm³/mol. The van der Waals surface area contributed by atoms with Crippen LogP contribution in [0.4, 0.5) is 0 Å². The Kier molecular flexibility index (Phi) is 4.65. The van der Waals surface area contributed by atoms with Crippen LogP contribution in [0, 0.1) is 0 Å². The first kappa shape index (κ1) is 14.5. The van der Waals surface area contributed by atoms with Crippen LogP contribution in [0.15, 0.2) is 66.1 Å². The molecule has 0 N–H and O–H groups in total. The molecule has 0 aliphatic carbocycles. The molecule has 2 aromatic heterocycles. The van der Waals surface area contributed by atoms with Crippen molar-refractivity contribution in [3.05, 3.63) is 66.5 Å². The van der Waals surface area contributed by atoms with Crippen LogP contribution in [-0.4, -0.2) is 25.5 Å². The molecule has 0 saturated heterocycles. The number of benzene rings is 1. The standard InChI is InChI=1S/C17H16N4S/c1-21-16(15-10-5-11-18-13-15)19-20-17(21)22-12-6-9-14-7-3-2-4-8-14/h2-11,13H,12H2,1H3/b9-6+. The Morgan fingerprint density at radius 3 is 2.73 bits per heavy atom. The molecule has 3 rings (SSSR count). The molecule has 0 aliphatic rings. The lowest BCUT2D eigenvalue weighted by Gasteiger charge is -2.02. The molecule has 3 aromatic rings. The van der Waals surface area contributed by atoms with Gasteiger partial charge in [0.05, 0.1) is 0 Å². The van der Waals surface area contributed by atoms with E-state index in [-0.39, 0.29) is 0 Å². The molecule has 0 amide bonds. The highest BCUT2D eigenvalue weighted by molar-refractivity contribution is 7.99. The average Bonchev–Trinajstić information content (AvgIpc) is 2.94. The van der Waals surface area contributed by atoms with Crippen LogP contribution >= 0.6 is 11.8 Å². The first-order valence-electron chi connectivity index (χ1n) is 6.99. The van der Waals surface area contributed by atoms with Crippen molar-refractivity contribution < 1.29 is 0 Å². The molecule has 0 radical (unpaired) electrons. The van der Waals surface area contributed by atoms with Crippen LogP contribution in [0.25, 0.3) is 17.5 Å². The summed E-state index contributed by atoms with van der Waals surface area (Å²) >= 11 is 1.66. The van der Waals surface area contributed by atoms with Crippen molar-refractivity contribution in [1.82, 2.24) is 19.7 Å². The van der Waals surface area contributed by atoms with Crippen molar-refractivity contribution in [2.75, 3.05) is 5.75 Å². The van der Waals surface area contributed by atoms with Gasteiger partial charge in [0.2, 0.25) is 0 Å². The minimum absolute atomic E-state index is 0.836. The molecule has 0 spiro atoms. The third-order valence-corrected chi connectivity index (χ3v) is 4.15. The zero-order valence-electron chi connectivity index (χ0n) is 12.3. The van der Waals surface area contributed by atoms with Crippen LogP contribution in [-0.2, 0) is 7.05 Å². The van der Waals surface area contributed by atoms with E-state index in [1.807, 2.05) is 41.9 Å². The summed E-state index contributed by atoms with van der Waals surface area (Å²) in [6.45, 7) is 0. The van der Waals surface area contributed by atoms with Gasteiger partial charge >= 0.3 is 0 Å². The lowest BCUT2D eigenvalue weighted by molar-refractivity contribution is 0.794. The van der Waals surface area contributed by atoms with Gasteiger partial charge in [-0.15, -0.1) is 10.2 Å². The summed E-state index contributed by atoms with van der Waals surface area (Å²) in [6.07, 6.45) is 7.81. The van der Waals surface area contributed by atoms with E-state index in [2.05, 4.69) is 39.5 Å². The number of thioether (sulfide) groups is 1. The topological polar surface area (TPSA) is 43.6 Å². The van der Waals surface area contributed by atoms with E-state index >= 15 is 0 Å². The largest absolute Gasteiger partial charge is 0.305 e. The van der Waals surface area contributed by atoms with Crippen LogP contribution in [0.5, 0.6) is 0 Å². The summed E-state index contributed by atoms with van der Waals surface area (Å²) < 4.78 is 2.00. The van der Waals surface area contributed by atoms with Gasteiger partial charge in [-0.3, -0.25) is 4.98 Å². The van der Waals surface area contributed by atoms with Gasteiger partial charge in [0.25, 0.3) is 0 Å². The number of aromatic nitrogens is 4. The molecule has 4 nitrogen and oxygen atoms in total. The first-order chi connectivity index (χ1) is 10.8. The summed E-state index contributed by atoms with van der Waals surface area (Å²) in [5.74, 6) is 1.69. The van der Waals surface area contributed by atoms with Crippen LogP contribution in [0.1, 0.15) is 5.56 Å². The van der Waals surface area contributed by atoms with E-state index in [9.17, 15) is 0 Å². The number of hydrogen-bond donors (Lipinski definition) is 0. The smallest absolute Gasteiger partial charge is 0.191 e. The maximum Gasteiger partial charge on any atom is 0.191 e. The molecule has 22 heavy (non-hydrogen) atoms. The van der Waals surface area contributed by atoms with Gasteiger partial charge in [-0.25, -0.2) is 0 Å². The molecule has 1 aromatic carbocycles. The second-order valence-corrected chi connectivity index (χ2v) is 5.72. The maximum absolute atomic E-state index is 4.25. The lowest BCUT2D eigenvalue weighted by atomic mass is 10.2. The molecule has 0 saturated carbocycles.